The molecule has 1 aliphatic heterocycles. The molecule has 0 amide bonds. The van der Waals surface area contributed by atoms with Crippen molar-refractivity contribution in [3.8, 4) is 0 Å². The van der Waals surface area contributed by atoms with E-state index < -0.39 is 0 Å². The number of pyridine rings is 1. The highest BCUT2D eigenvalue weighted by Crippen LogP contribution is 2.18. The molecule has 0 aliphatic carbocycles. The van der Waals surface area contributed by atoms with Crippen molar-refractivity contribution >= 4 is 17.2 Å². The summed E-state index contributed by atoms with van der Waals surface area (Å²) in [6.07, 6.45) is 0. The Morgan fingerprint density at radius 3 is 2.50 bits per heavy atom. The largest absolute Gasteiger partial charge is 0.392 e. The molecular weight excluding hydrogens is 268 g/mol. The van der Waals surface area contributed by atoms with Gasteiger partial charge in [0, 0.05) is 38.4 Å². The highest BCUT2D eigenvalue weighted by atomic mass is 32.1. The predicted molar refractivity (Wildman–Crippen MR) is 86.7 cm³/mol. The van der Waals surface area contributed by atoms with E-state index in [-0.39, 0.29) is 5.54 Å². The van der Waals surface area contributed by atoms with Gasteiger partial charge in [0.15, 0.2) is 0 Å². The third-order valence-corrected chi connectivity index (χ3v) is 4.60. The molecule has 20 heavy (non-hydrogen) atoms. The van der Waals surface area contributed by atoms with Crippen LogP contribution in [0.25, 0.3) is 0 Å². The molecule has 2 N–H and O–H groups in total. The molecule has 110 valence electrons. The third kappa shape index (κ3) is 3.53. The second kappa shape index (κ2) is 6.16. The average Bonchev–Trinajstić information content (AvgIpc) is 2.39. The van der Waals surface area contributed by atoms with Crippen molar-refractivity contribution in [3.05, 3.63) is 29.6 Å². The van der Waals surface area contributed by atoms with Gasteiger partial charge in [0.05, 0.1) is 16.2 Å². The number of hydrogen-bond acceptors (Lipinski definition) is 4. The van der Waals surface area contributed by atoms with Gasteiger partial charge in [-0.1, -0.05) is 18.3 Å². The van der Waals surface area contributed by atoms with Crippen LogP contribution in [0.1, 0.15) is 25.2 Å². The summed E-state index contributed by atoms with van der Waals surface area (Å²) in [5.74, 6) is 0. The first-order valence-electron chi connectivity index (χ1n) is 7.09. The first-order valence-corrected chi connectivity index (χ1v) is 7.50. The first-order chi connectivity index (χ1) is 9.39. The molecule has 1 aliphatic rings. The van der Waals surface area contributed by atoms with E-state index in [0.29, 0.717) is 4.99 Å². The highest BCUT2D eigenvalue weighted by molar-refractivity contribution is 7.80. The van der Waals surface area contributed by atoms with E-state index in [9.17, 15) is 0 Å². The Kier molecular flexibility index (Phi) is 4.73. The minimum Gasteiger partial charge on any atom is -0.392 e. The van der Waals surface area contributed by atoms with Crippen LogP contribution >= 0.6 is 12.2 Å². The van der Waals surface area contributed by atoms with Crippen LogP contribution in [0.3, 0.4) is 0 Å². The van der Waals surface area contributed by atoms with Crippen LogP contribution in [0.5, 0.6) is 0 Å². The summed E-state index contributed by atoms with van der Waals surface area (Å²) in [4.78, 5) is 9.95. The van der Waals surface area contributed by atoms with Crippen LogP contribution in [0.15, 0.2) is 18.2 Å². The van der Waals surface area contributed by atoms with Gasteiger partial charge in [-0.15, -0.1) is 0 Å². The lowest BCUT2D eigenvalue weighted by Gasteiger charge is -2.43. The van der Waals surface area contributed by atoms with Gasteiger partial charge in [0.1, 0.15) is 0 Å². The van der Waals surface area contributed by atoms with Crippen molar-refractivity contribution in [1.29, 1.82) is 0 Å². The number of aryl methyl sites for hydroxylation is 1. The number of thiocarbonyl (C=S) groups is 1. The molecule has 4 nitrogen and oxygen atoms in total. The number of piperazine rings is 1. The Morgan fingerprint density at radius 1 is 1.30 bits per heavy atom. The van der Waals surface area contributed by atoms with Crippen LogP contribution in [0.4, 0.5) is 0 Å². The van der Waals surface area contributed by atoms with E-state index in [2.05, 4.69) is 40.8 Å². The molecular formula is C15H24N4S. The fourth-order valence-electron chi connectivity index (χ4n) is 2.54. The summed E-state index contributed by atoms with van der Waals surface area (Å²) >= 11 is 5.17. The number of hydrogen-bond donors (Lipinski definition) is 1. The van der Waals surface area contributed by atoms with Gasteiger partial charge >= 0.3 is 0 Å². The summed E-state index contributed by atoms with van der Waals surface area (Å²) in [6.45, 7) is 11.2. The highest BCUT2D eigenvalue weighted by Gasteiger charge is 2.32. The van der Waals surface area contributed by atoms with Crippen LogP contribution in [-0.4, -0.2) is 51.5 Å². The van der Waals surface area contributed by atoms with E-state index in [0.717, 1.165) is 44.1 Å². The molecule has 0 aromatic carbocycles. The summed E-state index contributed by atoms with van der Waals surface area (Å²) in [5.41, 5.74) is 7.88. The minimum atomic E-state index is -0.191. The van der Waals surface area contributed by atoms with Crippen molar-refractivity contribution < 1.29 is 0 Å². The molecule has 1 aromatic heterocycles. The molecule has 0 bridgehead atoms. The summed E-state index contributed by atoms with van der Waals surface area (Å²) < 4.78 is 0. The van der Waals surface area contributed by atoms with Crippen molar-refractivity contribution in [3.63, 3.8) is 0 Å². The lowest BCUT2D eigenvalue weighted by atomic mass is 10.0. The van der Waals surface area contributed by atoms with Crippen molar-refractivity contribution in [2.75, 3.05) is 26.2 Å². The number of nitrogens with two attached hydrogens (primary N) is 1. The van der Waals surface area contributed by atoms with Crippen LogP contribution in [0.2, 0.25) is 0 Å². The van der Waals surface area contributed by atoms with Crippen molar-refractivity contribution in [1.82, 2.24) is 14.8 Å². The Bertz CT molecular complexity index is 479. The fourth-order valence-corrected chi connectivity index (χ4v) is 2.67. The molecule has 2 heterocycles. The second-order valence-electron chi connectivity index (χ2n) is 5.96. The van der Waals surface area contributed by atoms with Gasteiger partial charge in [0.25, 0.3) is 0 Å². The molecule has 1 fully saturated rings. The maximum Gasteiger partial charge on any atom is 0.0928 e. The Hall–Kier alpha value is -1.04. The standard InChI is InChI=1S/C15H24N4S/c1-12-5-4-6-13(17-12)11-18-7-9-19(10-8-18)15(2,3)14(16)20/h4-6H,7-11H2,1-3H3,(H2,16,20). The third-order valence-electron chi connectivity index (χ3n) is 4.10. The van der Waals surface area contributed by atoms with Crippen LogP contribution < -0.4 is 5.73 Å². The van der Waals surface area contributed by atoms with E-state index in [1.165, 1.54) is 0 Å². The van der Waals surface area contributed by atoms with Gasteiger partial charge in [-0.25, -0.2) is 0 Å². The fraction of sp³-hybridized carbons (Fsp3) is 0.600. The van der Waals surface area contributed by atoms with Crippen LogP contribution in [0, 0.1) is 6.92 Å². The number of rotatable bonds is 4. The molecule has 0 spiro atoms. The van der Waals surface area contributed by atoms with Gasteiger partial charge in [-0.3, -0.25) is 14.8 Å². The normalized spacial score (nSPS) is 18.1. The SMILES string of the molecule is Cc1cccc(CN2CCN(C(C)(C)C(N)=S)CC2)n1. The Labute approximate surface area is 127 Å². The van der Waals surface area contributed by atoms with Gasteiger partial charge in [-0.05, 0) is 32.9 Å². The molecule has 0 unspecified atom stereocenters. The van der Waals surface area contributed by atoms with Gasteiger partial charge in [0.2, 0.25) is 0 Å². The topological polar surface area (TPSA) is 45.4 Å². The second-order valence-corrected chi connectivity index (χ2v) is 6.40. The number of nitrogens with zero attached hydrogens (tertiary/aromatic N) is 3. The Morgan fingerprint density at radius 2 is 1.95 bits per heavy atom. The summed E-state index contributed by atoms with van der Waals surface area (Å²) in [6, 6.07) is 6.20. The zero-order valence-electron chi connectivity index (χ0n) is 12.6. The number of aromatic nitrogens is 1. The van der Waals surface area contributed by atoms with E-state index in [1.54, 1.807) is 0 Å². The molecule has 1 aromatic rings. The van der Waals surface area contributed by atoms with Crippen molar-refractivity contribution in [2.45, 2.75) is 32.9 Å². The monoisotopic (exact) mass is 292 g/mol. The van der Waals surface area contributed by atoms with E-state index >= 15 is 0 Å². The maximum absolute atomic E-state index is 5.84. The molecule has 0 atom stereocenters. The zero-order chi connectivity index (χ0) is 14.8. The molecule has 0 radical (unpaired) electrons. The summed E-state index contributed by atoms with van der Waals surface area (Å²) in [7, 11) is 0. The molecule has 0 saturated carbocycles. The van der Waals surface area contributed by atoms with E-state index in [4.69, 9.17) is 18.0 Å². The molecule has 2 rings (SSSR count). The smallest absolute Gasteiger partial charge is 0.0928 e. The van der Waals surface area contributed by atoms with E-state index in [1.807, 2.05) is 13.0 Å². The quantitative estimate of drug-likeness (QED) is 0.854. The predicted octanol–water partition coefficient (Wildman–Crippen LogP) is 1.57. The molecule has 1 saturated heterocycles. The average molecular weight is 292 g/mol. The Balaban J connectivity index is 1.90. The molecule has 5 heteroatoms. The minimum absolute atomic E-state index is 0.191. The van der Waals surface area contributed by atoms with Gasteiger partial charge in [-0.2, -0.15) is 0 Å². The van der Waals surface area contributed by atoms with Gasteiger partial charge < -0.3 is 5.73 Å². The van der Waals surface area contributed by atoms with Crippen molar-refractivity contribution in [2.24, 2.45) is 5.73 Å². The maximum atomic E-state index is 5.84. The zero-order valence-corrected chi connectivity index (χ0v) is 13.4. The lowest BCUT2D eigenvalue weighted by molar-refractivity contribution is 0.0814. The summed E-state index contributed by atoms with van der Waals surface area (Å²) in [5, 5.41) is 0. The first kappa shape index (κ1) is 15.4. The van der Waals surface area contributed by atoms with Crippen LogP contribution in [-0.2, 0) is 6.54 Å². The lowest BCUT2D eigenvalue weighted by Crippen LogP contribution is -2.59.